The van der Waals surface area contributed by atoms with Gasteiger partial charge in [0.2, 0.25) is 0 Å². The van der Waals surface area contributed by atoms with E-state index in [2.05, 4.69) is 49.5 Å². The predicted molar refractivity (Wildman–Crippen MR) is 62.7 cm³/mol. The summed E-state index contributed by atoms with van der Waals surface area (Å²) >= 11 is 0. The van der Waals surface area contributed by atoms with Crippen molar-refractivity contribution in [3.8, 4) is 0 Å². The van der Waals surface area contributed by atoms with E-state index < -0.39 is 0 Å². The van der Waals surface area contributed by atoms with Crippen molar-refractivity contribution in [2.45, 2.75) is 25.7 Å². The maximum absolute atomic E-state index is 3.17. The van der Waals surface area contributed by atoms with Crippen LogP contribution in [0, 0.1) is 0 Å². The van der Waals surface area contributed by atoms with Crippen LogP contribution < -0.4 is 5.32 Å². The van der Waals surface area contributed by atoms with E-state index in [1.807, 2.05) is 7.05 Å². The highest BCUT2D eigenvalue weighted by atomic mass is 14.8. The molecule has 0 amide bonds. The lowest BCUT2D eigenvalue weighted by Crippen LogP contribution is -2.19. The highest BCUT2D eigenvalue weighted by Crippen LogP contribution is 2.35. The van der Waals surface area contributed by atoms with E-state index in [4.69, 9.17) is 0 Å². The van der Waals surface area contributed by atoms with Crippen molar-refractivity contribution in [2.75, 3.05) is 12.4 Å². The Bertz CT molecular complexity index is 375. The molecule has 1 aliphatic rings. The Hall–Kier alpha value is -1.24. The molecule has 0 unspecified atom stereocenters. The summed E-state index contributed by atoms with van der Waals surface area (Å²) in [7, 11) is 1.96. The van der Waals surface area contributed by atoms with Gasteiger partial charge in [0.1, 0.15) is 0 Å². The number of anilines is 1. The number of nitrogens with one attached hydrogen (secondary N) is 1. The van der Waals surface area contributed by atoms with Crippen molar-refractivity contribution >= 4 is 11.8 Å². The molecule has 1 aliphatic carbocycles. The van der Waals surface area contributed by atoms with Crippen LogP contribution in [0.2, 0.25) is 0 Å². The Morgan fingerprint density at radius 3 is 2.79 bits per heavy atom. The molecule has 2 rings (SSSR count). The Labute approximate surface area is 85.8 Å². The van der Waals surface area contributed by atoms with E-state index >= 15 is 0 Å². The maximum atomic E-state index is 3.17. The summed E-state index contributed by atoms with van der Waals surface area (Å²) < 4.78 is 0. The van der Waals surface area contributed by atoms with Gasteiger partial charge in [-0.05, 0) is 35.1 Å². The van der Waals surface area contributed by atoms with Gasteiger partial charge in [0, 0.05) is 12.7 Å². The zero-order chi connectivity index (χ0) is 10.2. The van der Waals surface area contributed by atoms with Crippen molar-refractivity contribution in [3.63, 3.8) is 0 Å². The molecule has 0 radical (unpaired) electrons. The molecule has 1 nitrogen and oxygen atoms in total. The molecule has 0 fully saturated rings. The average Bonchev–Trinajstić information content (AvgIpc) is 2.16. The second-order valence-electron chi connectivity index (χ2n) is 4.54. The lowest BCUT2D eigenvalue weighted by molar-refractivity contribution is 0.529. The molecule has 1 aromatic rings. The summed E-state index contributed by atoms with van der Waals surface area (Å²) in [5, 5.41) is 3.17. The fraction of sp³-hybridized carbons (Fsp3) is 0.385. The van der Waals surface area contributed by atoms with Crippen molar-refractivity contribution in [2.24, 2.45) is 0 Å². The largest absolute Gasteiger partial charge is 0.388 e. The number of fused-ring (bicyclic) bond motifs is 1. The molecule has 74 valence electrons. The first-order chi connectivity index (χ1) is 6.63. The normalized spacial score (nSPS) is 17.6. The molecule has 1 N–H and O–H groups in total. The Kier molecular flexibility index (Phi) is 2.10. The number of hydrogen-bond donors (Lipinski definition) is 1. The van der Waals surface area contributed by atoms with Crippen LogP contribution in [-0.4, -0.2) is 7.05 Å². The molecule has 1 heteroatoms. The van der Waals surface area contributed by atoms with E-state index in [1.165, 1.54) is 16.8 Å². The van der Waals surface area contributed by atoms with Crippen LogP contribution in [-0.2, 0) is 5.41 Å². The monoisotopic (exact) mass is 187 g/mol. The number of rotatable bonds is 1. The van der Waals surface area contributed by atoms with Gasteiger partial charge < -0.3 is 5.32 Å². The van der Waals surface area contributed by atoms with Gasteiger partial charge in [0.15, 0.2) is 0 Å². The SMILES string of the molecule is CNc1ccc2c(c1)C=CCC2(C)C. The predicted octanol–water partition coefficient (Wildman–Crippen LogP) is 3.42. The van der Waals surface area contributed by atoms with Gasteiger partial charge in [0.05, 0.1) is 0 Å². The van der Waals surface area contributed by atoms with Gasteiger partial charge >= 0.3 is 0 Å². The second kappa shape index (κ2) is 3.16. The molecule has 0 spiro atoms. The maximum Gasteiger partial charge on any atom is 0.0343 e. The highest BCUT2D eigenvalue weighted by molar-refractivity contribution is 5.64. The summed E-state index contributed by atoms with van der Waals surface area (Å²) in [6.07, 6.45) is 5.63. The van der Waals surface area contributed by atoms with Crippen LogP contribution in [0.1, 0.15) is 31.4 Å². The number of benzene rings is 1. The number of hydrogen-bond acceptors (Lipinski definition) is 1. The second-order valence-corrected chi connectivity index (χ2v) is 4.54. The quantitative estimate of drug-likeness (QED) is 0.710. The van der Waals surface area contributed by atoms with Crippen LogP contribution >= 0.6 is 0 Å². The molecular formula is C13H17N. The first-order valence-electron chi connectivity index (χ1n) is 5.12. The van der Waals surface area contributed by atoms with Gasteiger partial charge in [-0.25, -0.2) is 0 Å². The average molecular weight is 187 g/mol. The van der Waals surface area contributed by atoms with Gasteiger partial charge in [-0.1, -0.05) is 32.1 Å². The molecular weight excluding hydrogens is 170 g/mol. The summed E-state index contributed by atoms with van der Waals surface area (Å²) in [6, 6.07) is 6.61. The lowest BCUT2D eigenvalue weighted by Gasteiger charge is -2.29. The molecule has 14 heavy (non-hydrogen) atoms. The third-order valence-corrected chi connectivity index (χ3v) is 2.99. The van der Waals surface area contributed by atoms with Crippen molar-refractivity contribution < 1.29 is 0 Å². The van der Waals surface area contributed by atoms with Crippen LogP contribution in [0.15, 0.2) is 24.3 Å². The fourth-order valence-corrected chi connectivity index (χ4v) is 2.06. The summed E-state index contributed by atoms with van der Waals surface area (Å²) in [5.41, 5.74) is 4.29. The minimum absolute atomic E-state index is 0.288. The molecule has 0 aliphatic heterocycles. The Balaban J connectivity index is 2.53. The first-order valence-corrected chi connectivity index (χ1v) is 5.12. The van der Waals surface area contributed by atoms with Crippen LogP contribution in [0.3, 0.4) is 0 Å². The molecule has 1 aromatic carbocycles. The molecule has 0 heterocycles. The molecule has 0 saturated heterocycles. The third kappa shape index (κ3) is 1.43. The Morgan fingerprint density at radius 2 is 2.07 bits per heavy atom. The van der Waals surface area contributed by atoms with Crippen molar-refractivity contribution in [3.05, 3.63) is 35.4 Å². The number of allylic oxidation sites excluding steroid dienone is 1. The minimum atomic E-state index is 0.288. The molecule has 0 saturated carbocycles. The zero-order valence-corrected chi connectivity index (χ0v) is 9.09. The van der Waals surface area contributed by atoms with E-state index in [-0.39, 0.29) is 5.41 Å². The van der Waals surface area contributed by atoms with Crippen molar-refractivity contribution in [1.29, 1.82) is 0 Å². The molecule has 0 bridgehead atoms. The molecule has 0 aromatic heterocycles. The first kappa shape index (κ1) is 9.32. The van der Waals surface area contributed by atoms with Gasteiger partial charge in [-0.2, -0.15) is 0 Å². The van der Waals surface area contributed by atoms with Crippen LogP contribution in [0.4, 0.5) is 5.69 Å². The highest BCUT2D eigenvalue weighted by Gasteiger charge is 2.24. The summed E-state index contributed by atoms with van der Waals surface area (Å²) in [4.78, 5) is 0. The Morgan fingerprint density at radius 1 is 1.29 bits per heavy atom. The van der Waals surface area contributed by atoms with Crippen molar-refractivity contribution in [1.82, 2.24) is 0 Å². The van der Waals surface area contributed by atoms with Gasteiger partial charge in [-0.15, -0.1) is 0 Å². The van der Waals surface area contributed by atoms with E-state index in [0.29, 0.717) is 0 Å². The summed E-state index contributed by atoms with van der Waals surface area (Å²) in [5.74, 6) is 0. The van der Waals surface area contributed by atoms with E-state index in [9.17, 15) is 0 Å². The van der Waals surface area contributed by atoms with Gasteiger partial charge in [0.25, 0.3) is 0 Å². The topological polar surface area (TPSA) is 12.0 Å². The lowest BCUT2D eigenvalue weighted by atomic mass is 9.76. The summed E-state index contributed by atoms with van der Waals surface area (Å²) in [6.45, 7) is 4.60. The third-order valence-electron chi connectivity index (χ3n) is 2.99. The molecule has 0 atom stereocenters. The minimum Gasteiger partial charge on any atom is -0.388 e. The smallest absolute Gasteiger partial charge is 0.0343 e. The van der Waals surface area contributed by atoms with Gasteiger partial charge in [-0.3, -0.25) is 0 Å². The fourth-order valence-electron chi connectivity index (χ4n) is 2.06. The van der Waals surface area contributed by atoms with E-state index in [0.717, 1.165) is 6.42 Å². The standard InChI is InChI=1S/C13H17N/c1-13(2)8-4-5-10-9-11(14-3)6-7-12(10)13/h4-7,9,14H,8H2,1-3H3. The zero-order valence-electron chi connectivity index (χ0n) is 9.09. The van der Waals surface area contributed by atoms with Crippen LogP contribution in [0.25, 0.3) is 6.08 Å². The van der Waals surface area contributed by atoms with E-state index in [1.54, 1.807) is 0 Å². The van der Waals surface area contributed by atoms with Crippen LogP contribution in [0.5, 0.6) is 0 Å².